The Morgan fingerprint density at radius 2 is 2.47 bits per heavy atom. The predicted molar refractivity (Wildman–Crippen MR) is 67.3 cm³/mol. The monoisotopic (exact) mass is 289 g/mol. The van der Waals surface area contributed by atoms with E-state index in [1.54, 1.807) is 0 Å². The fraction of sp³-hybridized carbons (Fsp3) is 0.636. The lowest BCUT2D eigenvalue weighted by Gasteiger charge is -2.26. The molecule has 0 N–H and O–H groups in total. The number of ether oxygens (including phenoxy) is 1. The Morgan fingerprint density at radius 3 is 3.00 bits per heavy atom. The third-order valence-corrected chi connectivity index (χ3v) is 4.90. The van der Waals surface area contributed by atoms with E-state index in [2.05, 4.69) is 46.2 Å². The fourth-order valence-electron chi connectivity index (χ4n) is 2.08. The normalized spacial score (nSPS) is 26.4. The third kappa shape index (κ3) is 2.61. The van der Waals surface area contributed by atoms with Crippen LogP contribution in [0.5, 0.6) is 0 Å². The molecule has 0 aromatic carbocycles. The zero-order valence-corrected chi connectivity index (χ0v) is 11.5. The molecule has 0 bridgehead atoms. The van der Waals surface area contributed by atoms with Crippen molar-refractivity contribution in [2.75, 3.05) is 13.7 Å². The minimum absolute atomic E-state index is 0.369. The molecular weight excluding hydrogens is 274 g/mol. The number of thiophene rings is 1. The molecule has 2 rings (SSSR count). The van der Waals surface area contributed by atoms with Crippen molar-refractivity contribution in [1.82, 2.24) is 4.90 Å². The Kier molecular flexibility index (Phi) is 3.83. The van der Waals surface area contributed by atoms with E-state index in [1.807, 2.05) is 11.3 Å². The van der Waals surface area contributed by atoms with Crippen LogP contribution in [0.25, 0.3) is 0 Å². The van der Waals surface area contributed by atoms with E-state index in [9.17, 15) is 0 Å². The Balaban J connectivity index is 1.97. The summed E-state index contributed by atoms with van der Waals surface area (Å²) < 4.78 is 6.81. The first-order valence-electron chi connectivity index (χ1n) is 5.22. The maximum absolute atomic E-state index is 5.59. The highest BCUT2D eigenvalue weighted by atomic mass is 79.9. The van der Waals surface area contributed by atoms with Gasteiger partial charge in [0.2, 0.25) is 0 Å². The van der Waals surface area contributed by atoms with Gasteiger partial charge in [0.1, 0.15) is 0 Å². The molecule has 0 amide bonds. The van der Waals surface area contributed by atoms with Crippen molar-refractivity contribution in [3.63, 3.8) is 0 Å². The highest BCUT2D eigenvalue weighted by Crippen LogP contribution is 2.26. The smallest absolute Gasteiger partial charge is 0.0703 e. The van der Waals surface area contributed by atoms with Gasteiger partial charge in [0.25, 0.3) is 0 Å². The average Bonchev–Trinajstić information content (AvgIpc) is 2.76. The lowest BCUT2D eigenvalue weighted by atomic mass is 10.1. The summed E-state index contributed by atoms with van der Waals surface area (Å²) in [7, 11) is 2.18. The van der Waals surface area contributed by atoms with Crippen LogP contribution in [-0.2, 0) is 11.3 Å². The SMILES string of the molecule is CC1OCCC1N(C)Cc1sccc1Br. The lowest BCUT2D eigenvalue weighted by molar-refractivity contribution is 0.0817. The summed E-state index contributed by atoms with van der Waals surface area (Å²) in [5.41, 5.74) is 0. The first-order valence-corrected chi connectivity index (χ1v) is 6.89. The Morgan fingerprint density at radius 1 is 1.67 bits per heavy atom. The molecule has 1 aromatic rings. The molecule has 2 atom stereocenters. The summed E-state index contributed by atoms with van der Waals surface area (Å²) in [5, 5.41) is 2.13. The molecule has 4 heteroatoms. The van der Waals surface area contributed by atoms with Crippen LogP contribution in [0.15, 0.2) is 15.9 Å². The maximum atomic E-state index is 5.59. The van der Waals surface area contributed by atoms with Gasteiger partial charge in [-0.05, 0) is 47.8 Å². The van der Waals surface area contributed by atoms with E-state index in [0.717, 1.165) is 19.6 Å². The summed E-state index contributed by atoms with van der Waals surface area (Å²) in [6, 6.07) is 2.68. The second-order valence-electron chi connectivity index (χ2n) is 4.04. The van der Waals surface area contributed by atoms with Gasteiger partial charge in [0.15, 0.2) is 0 Å². The molecule has 2 nitrogen and oxygen atoms in total. The van der Waals surface area contributed by atoms with Gasteiger partial charge in [-0.15, -0.1) is 11.3 Å². The van der Waals surface area contributed by atoms with Crippen LogP contribution in [0.3, 0.4) is 0 Å². The number of nitrogens with zero attached hydrogens (tertiary/aromatic N) is 1. The van der Waals surface area contributed by atoms with E-state index in [-0.39, 0.29) is 0 Å². The van der Waals surface area contributed by atoms with Gasteiger partial charge < -0.3 is 4.74 Å². The van der Waals surface area contributed by atoms with Gasteiger partial charge in [-0.2, -0.15) is 0 Å². The topological polar surface area (TPSA) is 12.5 Å². The zero-order valence-electron chi connectivity index (χ0n) is 9.07. The quantitative estimate of drug-likeness (QED) is 0.848. The molecule has 2 unspecified atom stereocenters. The third-order valence-electron chi connectivity index (χ3n) is 2.99. The number of likely N-dealkylation sites (N-methyl/N-ethyl adjacent to an activating group) is 1. The second kappa shape index (κ2) is 4.95. The maximum Gasteiger partial charge on any atom is 0.0703 e. The van der Waals surface area contributed by atoms with Crippen molar-refractivity contribution >= 4 is 27.3 Å². The van der Waals surface area contributed by atoms with Crippen molar-refractivity contribution in [1.29, 1.82) is 0 Å². The van der Waals surface area contributed by atoms with Crippen molar-refractivity contribution < 1.29 is 4.74 Å². The van der Waals surface area contributed by atoms with Gasteiger partial charge in [0, 0.05) is 28.5 Å². The summed E-state index contributed by atoms with van der Waals surface area (Å²) >= 11 is 5.38. The molecule has 84 valence electrons. The predicted octanol–water partition coefficient (Wildman–Crippen LogP) is 3.12. The van der Waals surface area contributed by atoms with Crippen LogP contribution in [0.2, 0.25) is 0 Å². The van der Waals surface area contributed by atoms with Crippen molar-refractivity contribution in [2.24, 2.45) is 0 Å². The Hall–Kier alpha value is 0.100. The van der Waals surface area contributed by atoms with E-state index < -0.39 is 0 Å². The molecule has 0 aliphatic carbocycles. The molecule has 15 heavy (non-hydrogen) atoms. The first kappa shape index (κ1) is 11.6. The molecule has 1 aliphatic rings. The van der Waals surface area contributed by atoms with Gasteiger partial charge in [-0.3, -0.25) is 4.90 Å². The number of hydrogen-bond donors (Lipinski definition) is 0. The largest absolute Gasteiger partial charge is 0.377 e. The van der Waals surface area contributed by atoms with Crippen LogP contribution in [-0.4, -0.2) is 30.7 Å². The van der Waals surface area contributed by atoms with Crippen molar-refractivity contribution in [3.8, 4) is 0 Å². The summed E-state index contributed by atoms with van der Waals surface area (Å²) in [5.74, 6) is 0. The van der Waals surface area contributed by atoms with Crippen LogP contribution in [0.1, 0.15) is 18.2 Å². The van der Waals surface area contributed by atoms with Crippen LogP contribution in [0, 0.1) is 0 Å². The van der Waals surface area contributed by atoms with Crippen LogP contribution >= 0.6 is 27.3 Å². The van der Waals surface area contributed by atoms with Gasteiger partial charge in [-0.25, -0.2) is 0 Å². The van der Waals surface area contributed by atoms with Crippen molar-refractivity contribution in [2.45, 2.75) is 32.0 Å². The lowest BCUT2D eigenvalue weighted by Crippen LogP contribution is -2.36. The standard InChI is InChI=1S/C11H16BrNOS/c1-8-10(3-5-14-8)13(2)7-11-9(12)4-6-15-11/h4,6,8,10H,3,5,7H2,1-2H3. The highest BCUT2D eigenvalue weighted by molar-refractivity contribution is 9.10. The fourth-order valence-corrected chi connectivity index (χ4v) is 3.62. The zero-order chi connectivity index (χ0) is 10.8. The number of hydrogen-bond acceptors (Lipinski definition) is 3. The molecule has 0 radical (unpaired) electrons. The summed E-state index contributed by atoms with van der Waals surface area (Å²) in [6.07, 6.45) is 1.52. The molecule has 1 saturated heterocycles. The number of halogens is 1. The van der Waals surface area contributed by atoms with Gasteiger partial charge in [-0.1, -0.05) is 0 Å². The first-order chi connectivity index (χ1) is 7.18. The number of rotatable bonds is 3. The van der Waals surface area contributed by atoms with Crippen LogP contribution < -0.4 is 0 Å². The van der Waals surface area contributed by atoms with E-state index in [0.29, 0.717) is 12.1 Å². The molecule has 1 aromatic heterocycles. The second-order valence-corrected chi connectivity index (χ2v) is 5.89. The molecule has 1 aliphatic heterocycles. The Labute approximate surface area is 103 Å². The Bertz CT molecular complexity index is 328. The van der Waals surface area contributed by atoms with E-state index >= 15 is 0 Å². The molecule has 2 heterocycles. The molecular formula is C11H16BrNOS. The average molecular weight is 290 g/mol. The molecule has 0 spiro atoms. The summed E-state index contributed by atoms with van der Waals surface area (Å²) in [6.45, 7) is 4.08. The van der Waals surface area contributed by atoms with E-state index in [4.69, 9.17) is 4.74 Å². The summed E-state index contributed by atoms with van der Waals surface area (Å²) in [4.78, 5) is 3.80. The van der Waals surface area contributed by atoms with Crippen molar-refractivity contribution in [3.05, 3.63) is 20.8 Å². The van der Waals surface area contributed by atoms with Gasteiger partial charge in [0.05, 0.1) is 6.10 Å². The minimum Gasteiger partial charge on any atom is -0.377 e. The van der Waals surface area contributed by atoms with Gasteiger partial charge >= 0.3 is 0 Å². The highest BCUT2D eigenvalue weighted by Gasteiger charge is 2.28. The van der Waals surface area contributed by atoms with Crippen LogP contribution in [0.4, 0.5) is 0 Å². The molecule has 1 fully saturated rings. The van der Waals surface area contributed by atoms with E-state index in [1.165, 1.54) is 9.35 Å². The minimum atomic E-state index is 0.369. The molecule has 0 saturated carbocycles.